The van der Waals surface area contributed by atoms with E-state index in [2.05, 4.69) is 20.8 Å². The second-order valence-corrected chi connectivity index (χ2v) is 8.21. The van der Waals surface area contributed by atoms with Gasteiger partial charge in [0.05, 0.1) is 5.60 Å². The van der Waals surface area contributed by atoms with Gasteiger partial charge in [-0.1, -0.05) is 117 Å². The topological polar surface area (TPSA) is 20.2 Å². The van der Waals surface area contributed by atoms with Crippen molar-refractivity contribution in [1.29, 1.82) is 0 Å². The number of rotatable bonds is 17. The van der Waals surface area contributed by atoms with Crippen LogP contribution in [0, 0.1) is 5.92 Å². The highest BCUT2D eigenvalue weighted by atomic mass is 16.3. The van der Waals surface area contributed by atoms with Crippen LogP contribution >= 0.6 is 0 Å². The molecule has 1 N–H and O–H groups in total. The van der Waals surface area contributed by atoms with Crippen molar-refractivity contribution in [3.8, 4) is 0 Å². The van der Waals surface area contributed by atoms with Gasteiger partial charge in [-0.05, 0) is 19.3 Å². The molecule has 0 aromatic rings. The Morgan fingerprint density at radius 2 is 0.913 bits per heavy atom. The van der Waals surface area contributed by atoms with E-state index < -0.39 is 5.60 Å². The molecule has 0 fully saturated rings. The van der Waals surface area contributed by atoms with Gasteiger partial charge in [-0.3, -0.25) is 0 Å². The monoisotopic (exact) mass is 326 g/mol. The maximum atomic E-state index is 10.2. The summed E-state index contributed by atoms with van der Waals surface area (Å²) in [6, 6.07) is 0. The molecule has 0 radical (unpaired) electrons. The Morgan fingerprint density at radius 3 is 1.22 bits per heavy atom. The quantitative estimate of drug-likeness (QED) is 0.272. The highest BCUT2D eigenvalue weighted by Gasteiger charge is 2.23. The van der Waals surface area contributed by atoms with Crippen molar-refractivity contribution in [2.45, 2.75) is 136 Å². The van der Waals surface area contributed by atoms with Crippen LogP contribution in [-0.4, -0.2) is 10.7 Å². The van der Waals surface area contributed by atoms with Gasteiger partial charge in [-0.25, -0.2) is 0 Å². The van der Waals surface area contributed by atoms with E-state index in [9.17, 15) is 5.11 Å². The summed E-state index contributed by atoms with van der Waals surface area (Å²) >= 11 is 0. The molecular weight excluding hydrogens is 280 g/mol. The molecule has 1 unspecified atom stereocenters. The number of hydrogen-bond donors (Lipinski definition) is 1. The molecule has 0 rings (SSSR count). The Bertz CT molecular complexity index is 232. The first-order valence-electron chi connectivity index (χ1n) is 10.7. The first-order chi connectivity index (χ1) is 11.0. The zero-order valence-corrected chi connectivity index (χ0v) is 16.8. The molecule has 0 aliphatic rings. The van der Waals surface area contributed by atoms with E-state index in [0.717, 1.165) is 6.42 Å². The molecule has 0 spiro atoms. The van der Waals surface area contributed by atoms with Crippen LogP contribution in [0.25, 0.3) is 0 Å². The van der Waals surface area contributed by atoms with Crippen molar-refractivity contribution >= 4 is 0 Å². The third-order valence-corrected chi connectivity index (χ3v) is 5.53. The molecule has 0 heterocycles. The third-order valence-electron chi connectivity index (χ3n) is 5.53. The predicted octanol–water partition coefficient (Wildman–Crippen LogP) is 7.65. The lowest BCUT2D eigenvalue weighted by Crippen LogP contribution is -2.30. The smallest absolute Gasteiger partial charge is 0.0642 e. The Labute approximate surface area is 147 Å². The molecule has 1 atom stereocenters. The highest BCUT2D eigenvalue weighted by Crippen LogP contribution is 2.23. The zero-order chi connectivity index (χ0) is 17.4. The largest absolute Gasteiger partial charge is 0.390 e. The molecule has 0 saturated heterocycles. The average Bonchev–Trinajstić information content (AvgIpc) is 2.51. The van der Waals surface area contributed by atoms with Crippen molar-refractivity contribution in [3.63, 3.8) is 0 Å². The summed E-state index contributed by atoms with van der Waals surface area (Å²) in [5.74, 6) is 0.370. The summed E-state index contributed by atoms with van der Waals surface area (Å²) < 4.78 is 0. The van der Waals surface area contributed by atoms with Gasteiger partial charge in [-0.2, -0.15) is 0 Å². The fourth-order valence-electron chi connectivity index (χ4n) is 3.14. The van der Waals surface area contributed by atoms with Gasteiger partial charge >= 0.3 is 0 Å². The maximum absolute atomic E-state index is 10.2. The van der Waals surface area contributed by atoms with Crippen molar-refractivity contribution < 1.29 is 5.11 Å². The molecule has 0 aromatic carbocycles. The van der Waals surface area contributed by atoms with Crippen molar-refractivity contribution in [1.82, 2.24) is 0 Å². The molecule has 1 nitrogen and oxygen atoms in total. The standard InChI is InChI=1S/C22H46O/c1-5-6-7-8-9-10-11-12-13-14-15-16-17-18-19-20-22(4,23)21(2)3/h21,23H,5-20H2,1-4H3. The number of aliphatic hydroxyl groups is 1. The van der Waals surface area contributed by atoms with Crippen LogP contribution in [0.2, 0.25) is 0 Å². The summed E-state index contributed by atoms with van der Waals surface area (Å²) in [7, 11) is 0. The Kier molecular flexibility index (Phi) is 15.5. The van der Waals surface area contributed by atoms with Gasteiger partial charge in [0.1, 0.15) is 0 Å². The highest BCUT2D eigenvalue weighted by molar-refractivity contribution is 4.75. The third kappa shape index (κ3) is 15.2. The first kappa shape index (κ1) is 23.0. The van der Waals surface area contributed by atoms with Crippen LogP contribution in [0.5, 0.6) is 0 Å². The van der Waals surface area contributed by atoms with Gasteiger partial charge in [0.25, 0.3) is 0 Å². The minimum absolute atomic E-state index is 0.370. The first-order valence-corrected chi connectivity index (χ1v) is 10.7. The minimum Gasteiger partial charge on any atom is -0.390 e. The van der Waals surface area contributed by atoms with Gasteiger partial charge in [0, 0.05) is 0 Å². The lowest BCUT2D eigenvalue weighted by atomic mass is 9.87. The predicted molar refractivity (Wildman–Crippen MR) is 105 cm³/mol. The maximum Gasteiger partial charge on any atom is 0.0642 e. The Balaban J connectivity index is 3.14. The fourth-order valence-corrected chi connectivity index (χ4v) is 3.14. The second kappa shape index (κ2) is 15.5. The minimum atomic E-state index is -0.462. The van der Waals surface area contributed by atoms with E-state index >= 15 is 0 Å². The van der Waals surface area contributed by atoms with E-state index in [1.165, 1.54) is 96.3 Å². The van der Waals surface area contributed by atoms with Gasteiger partial charge in [0.15, 0.2) is 0 Å². The molecule has 1 heteroatoms. The molecule has 0 saturated carbocycles. The van der Waals surface area contributed by atoms with Crippen molar-refractivity contribution in [2.24, 2.45) is 5.92 Å². The fraction of sp³-hybridized carbons (Fsp3) is 1.00. The summed E-state index contributed by atoms with van der Waals surface area (Å²) in [5.41, 5.74) is -0.462. The molecule has 0 aliphatic carbocycles. The van der Waals surface area contributed by atoms with Gasteiger partial charge in [-0.15, -0.1) is 0 Å². The molecule has 0 aromatic heterocycles. The van der Waals surface area contributed by atoms with Crippen LogP contribution in [0.4, 0.5) is 0 Å². The summed E-state index contributed by atoms with van der Waals surface area (Å²) in [5, 5.41) is 10.2. The van der Waals surface area contributed by atoms with Crippen LogP contribution in [0.3, 0.4) is 0 Å². The van der Waals surface area contributed by atoms with Gasteiger partial charge < -0.3 is 5.11 Å². The number of unbranched alkanes of at least 4 members (excludes halogenated alkanes) is 14. The second-order valence-electron chi connectivity index (χ2n) is 8.21. The summed E-state index contributed by atoms with van der Waals surface area (Å²) in [4.78, 5) is 0. The van der Waals surface area contributed by atoms with E-state index in [0.29, 0.717) is 5.92 Å². The molecule has 23 heavy (non-hydrogen) atoms. The molecular formula is C22H46O. The summed E-state index contributed by atoms with van der Waals surface area (Å²) in [6.45, 7) is 8.51. The Morgan fingerprint density at radius 1 is 0.609 bits per heavy atom. The van der Waals surface area contributed by atoms with E-state index in [1.54, 1.807) is 0 Å². The molecule has 0 aliphatic heterocycles. The zero-order valence-electron chi connectivity index (χ0n) is 16.8. The van der Waals surface area contributed by atoms with Crippen LogP contribution < -0.4 is 0 Å². The lowest BCUT2D eigenvalue weighted by molar-refractivity contribution is 0.00307. The van der Waals surface area contributed by atoms with Crippen molar-refractivity contribution in [2.75, 3.05) is 0 Å². The Hall–Kier alpha value is -0.0400. The van der Waals surface area contributed by atoms with E-state index in [4.69, 9.17) is 0 Å². The van der Waals surface area contributed by atoms with Crippen LogP contribution in [0.15, 0.2) is 0 Å². The molecule has 0 bridgehead atoms. The summed E-state index contributed by atoms with van der Waals surface area (Å²) in [6.07, 6.45) is 22.0. The molecule has 0 amide bonds. The lowest BCUT2D eigenvalue weighted by Gasteiger charge is -2.27. The van der Waals surface area contributed by atoms with E-state index in [1.807, 2.05) is 6.92 Å². The van der Waals surface area contributed by atoms with Gasteiger partial charge in [0.2, 0.25) is 0 Å². The normalized spacial score (nSPS) is 14.3. The molecule has 140 valence electrons. The average molecular weight is 327 g/mol. The van der Waals surface area contributed by atoms with Crippen LogP contribution in [-0.2, 0) is 0 Å². The van der Waals surface area contributed by atoms with Crippen molar-refractivity contribution in [3.05, 3.63) is 0 Å². The SMILES string of the molecule is CCCCCCCCCCCCCCCCCC(C)(O)C(C)C. The van der Waals surface area contributed by atoms with E-state index in [-0.39, 0.29) is 0 Å². The van der Waals surface area contributed by atoms with Crippen LogP contribution in [0.1, 0.15) is 130 Å². The number of hydrogen-bond acceptors (Lipinski definition) is 1.